The van der Waals surface area contributed by atoms with Crippen molar-refractivity contribution >= 4 is 34.7 Å². The summed E-state index contributed by atoms with van der Waals surface area (Å²) in [6.07, 6.45) is 0. The van der Waals surface area contributed by atoms with Gasteiger partial charge in [-0.15, -0.1) is 0 Å². The minimum atomic E-state index is -0.255. The van der Waals surface area contributed by atoms with Crippen LogP contribution in [0.25, 0.3) is 0 Å². The summed E-state index contributed by atoms with van der Waals surface area (Å²) in [5.41, 5.74) is 2.04. The fourth-order valence-corrected chi connectivity index (χ4v) is 2.49. The number of nitrogens with one attached hydrogen (secondary N) is 1. The van der Waals surface area contributed by atoms with Crippen LogP contribution in [0.15, 0.2) is 41.4 Å². The quantitative estimate of drug-likeness (QED) is 0.822. The molecule has 5 heteroatoms. The molecule has 0 saturated heterocycles. The third-order valence-electron chi connectivity index (χ3n) is 2.95. The van der Waals surface area contributed by atoms with Gasteiger partial charge in [0.15, 0.2) is 0 Å². The second-order valence-corrected chi connectivity index (χ2v) is 5.02. The number of nitrogens with zero attached hydrogens (tertiary/aromatic N) is 1. The molecule has 2 nitrogen and oxygen atoms in total. The normalized spacial score (nSPS) is 13.5. The van der Waals surface area contributed by atoms with Gasteiger partial charge in [0.25, 0.3) is 0 Å². The Bertz CT molecular complexity index is 683. The SMILES string of the molecule is Fc1cccc2c1CN=C(c1ccc(Cl)cc1Cl)N2. The molecule has 0 bridgehead atoms. The molecule has 1 heterocycles. The van der Waals surface area contributed by atoms with E-state index < -0.39 is 0 Å². The molecule has 19 heavy (non-hydrogen) atoms. The van der Waals surface area contributed by atoms with E-state index in [0.29, 0.717) is 28.0 Å². The van der Waals surface area contributed by atoms with E-state index in [1.54, 1.807) is 24.3 Å². The number of aliphatic imine (C=N–C) groups is 1. The van der Waals surface area contributed by atoms with Gasteiger partial charge in [0.2, 0.25) is 0 Å². The minimum Gasteiger partial charge on any atom is -0.340 e. The van der Waals surface area contributed by atoms with Gasteiger partial charge in [-0.2, -0.15) is 0 Å². The van der Waals surface area contributed by atoms with Gasteiger partial charge in [-0.3, -0.25) is 4.99 Å². The number of anilines is 1. The Labute approximate surface area is 119 Å². The Morgan fingerprint density at radius 3 is 2.79 bits per heavy atom. The number of hydrogen-bond donors (Lipinski definition) is 1. The molecule has 0 amide bonds. The molecule has 0 aromatic heterocycles. The molecular weight excluding hydrogens is 286 g/mol. The summed E-state index contributed by atoms with van der Waals surface area (Å²) >= 11 is 12.0. The largest absolute Gasteiger partial charge is 0.340 e. The standard InChI is InChI=1S/C14H9Cl2FN2/c15-8-4-5-9(11(16)6-8)14-18-7-10-12(17)2-1-3-13(10)19-14/h1-6H,7H2,(H,18,19). The van der Waals surface area contributed by atoms with Crippen molar-refractivity contribution < 1.29 is 4.39 Å². The van der Waals surface area contributed by atoms with Crippen LogP contribution in [0, 0.1) is 5.82 Å². The molecule has 0 spiro atoms. The Kier molecular flexibility index (Phi) is 3.17. The van der Waals surface area contributed by atoms with Crippen LogP contribution in [0.2, 0.25) is 10.0 Å². The fraction of sp³-hybridized carbons (Fsp3) is 0.0714. The van der Waals surface area contributed by atoms with E-state index in [1.807, 2.05) is 6.07 Å². The van der Waals surface area contributed by atoms with Gasteiger partial charge >= 0.3 is 0 Å². The average Bonchev–Trinajstić information content (AvgIpc) is 2.38. The van der Waals surface area contributed by atoms with Crippen LogP contribution in [0.5, 0.6) is 0 Å². The van der Waals surface area contributed by atoms with Crippen molar-refractivity contribution in [1.82, 2.24) is 0 Å². The zero-order valence-corrected chi connectivity index (χ0v) is 11.3. The second-order valence-electron chi connectivity index (χ2n) is 4.18. The number of hydrogen-bond acceptors (Lipinski definition) is 2. The van der Waals surface area contributed by atoms with Crippen molar-refractivity contribution in [2.75, 3.05) is 5.32 Å². The van der Waals surface area contributed by atoms with Crippen molar-refractivity contribution in [2.45, 2.75) is 6.54 Å². The highest BCUT2D eigenvalue weighted by Gasteiger charge is 2.17. The summed E-state index contributed by atoms with van der Waals surface area (Å²) in [7, 11) is 0. The molecular formula is C14H9Cl2FN2. The monoisotopic (exact) mass is 294 g/mol. The predicted octanol–water partition coefficient (Wildman–Crippen LogP) is 4.50. The van der Waals surface area contributed by atoms with Gasteiger partial charge in [0.1, 0.15) is 11.7 Å². The zero-order valence-electron chi connectivity index (χ0n) is 9.75. The maximum atomic E-state index is 13.6. The van der Waals surface area contributed by atoms with E-state index in [-0.39, 0.29) is 5.82 Å². The third-order valence-corrected chi connectivity index (χ3v) is 3.50. The second kappa shape index (κ2) is 4.83. The molecule has 2 aromatic carbocycles. The molecule has 2 aromatic rings. The molecule has 96 valence electrons. The van der Waals surface area contributed by atoms with Gasteiger partial charge in [-0.25, -0.2) is 4.39 Å². The summed E-state index contributed by atoms with van der Waals surface area (Å²) in [4.78, 5) is 4.33. The number of halogens is 3. The first-order chi connectivity index (χ1) is 9.15. The van der Waals surface area contributed by atoms with Crippen molar-refractivity contribution in [1.29, 1.82) is 0 Å². The van der Waals surface area contributed by atoms with Crippen LogP contribution in [0.4, 0.5) is 10.1 Å². The van der Waals surface area contributed by atoms with E-state index >= 15 is 0 Å². The van der Waals surface area contributed by atoms with Gasteiger partial charge in [0.05, 0.1) is 11.6 Å². The van der Waals surface area contributed by atoms with Gasteiger partial charge < -0.3 is 5.32 Å². The van der Waals surface area contributed by atoms with Gasteiger partial charge in [-0.1, -0.05) is 29.3 Å². The van der Waals surface area contributed by atoms with E-state index in [4.69, 9.17) is 23.2 Å². The number of fused-ring (bicyclic) bond motifs is 1. The summed E-state index contributed by atoms with van der Waals surface area (Å²) in [5.74, 6) is 0.370. The summed E-state index contributed by atoms with van der Waals surface area (Å²) in [5, 5.41) is 4.18. The lowest BCUT2D eigenvalue weighted by Crippen LogP contribution is -2.20. The highest BCUT2D eigenvalue weighted by Crippen LogP contribution is 2.28. The Morgan fingerprint density at radius 1 is 1.16 bits per heavy atom. The molecule has 3 rings (SSSR count). The Hall–Kier alpha value is -1.58. The van der Waals surface area contributed by atoms with E-state index in [9.17, 15) is 4.39 Å². The molecule has 0 atom stereocenters. The minimum absolute atomic E-state index is 0.255. The molecule has 0 radical (unpaired) electrons. The maximum Gasteiger partial charge on any atom is 0.134 e. The number of benzene rings is 2. The van der Waals surface area contributed by atoms with Crippen LogP contribution in [0.3, 0.4) is 0 Å². The lowest BCUT2D eigenvalue weighted by atomic mass is 10.1. The number of rotatable bonds is 1. The lowest BCUT2D eigenvalue weighted by Gasteiger charge is -2.19. The summed E-state index contributed by atoms with van der Waals surface area (Å²) in [6.45, 7) is 0.295. The molecule has 1 aliphatic heterocycles. The van der Waals surface area contributed by atoms with E-state index in [2.05, 4.69) is 10.3 Å². The Morgan fingerprint density at radius 2 is 2.00 bits per heavy atom. The highest BCUT2D eigenvalue weighted by molar-refractivity contribution is 6.37. The van der Waals surface area contributed by atoms with Crippen LogP contribution in [-0.4, -0.2) is 5.84 Å². The van der Waals surface area contributed by atoms with Crippen molar-refractivity contribution in [3.8, 4) is 0 Å². The number of amidine groups is 1. The predicted molar refractivity (Wildman–Crippen MR) is 76.7 cm³/mol. The maximum absolute atomic E-state index is 13.6. The molecule has 1 aliphatic rings. The van der Waals surface area contributed by atoms with E-state index in [0.717, 1.165) is 11.3 Å². The first kappa shape index (κ1) is 12.5. The average molecular weight is 295 g/mol. The van der Waals surface area contributed by atoms with Crippen LogP contribution < -0.4 is 5.32 Å². The van der Waals surface area contributed by atoms with Crippen LogP contribution in [0.1, 0.15) is 11.1 Å². The first-order valence-corrected chi connectivity index (χ1v) is 6.45. The highest BCUT2D eigenvalue weighted by atomic mass is 35.5. The van der Waals surface area contributed by atoms with Crippen LogP contribution >= 0.6 is 23.2 Å². The molecule has 0 aliphatic carbocycles. The third kappa shape index (κ3) is 2.31. The molecule has 0 saturated carbocycles. The Balaban J connectivity index is 2.00. The van der Waals surface area contributed by atoms with Gasteiger partial charge in [-0.05, 0) is 30.3 Å². The topological polar surface area (TPSA) is 24.4 Å². The molecule has 1 N–H and O–H groups in total. The molecule has 0 fully saturated rings. The zero-order chi connectivity index (χ0) is 13.4. The molecule has 0 unspecified atom stereocenters. The van der Waals surface area contributed by atoms with Gasteiger partial charge in [0, 0.05) is 21.8 Å². The van der Waals surface area contributed by atoms with Crippen molar-refractivity contribution in [3.63, 3.8) is 0 Å². The summed E-state index contributed by atoms with van der Waals surface area (Å²) in [6, 6.07) is 10.1. The lowest BCUT2D eigenvalue weighted by molar-refractivity contribution is 0.611. The van der Waals surface area contributed by atoms with Crippen molar-refractivity contribution in [2.24, 2.45) is 4.99 Å². The van der Waals surface area contributed by atoms with Crippen molar-refractivity contribution in [3.05, 3.63) is 63.4 Å². The first-order valence-electron chi connectivity index (χ1n) is 5.69. The fourth-order valence-electron chi connectivity index (χ4n) is 2.00. The van der Waals surface area contributed by atoms with Crippen LogP contribution in [-0.2, 0) is 6.54 Å². The summed E-state index contributed by atoms with van der Waals surface area (Å²) < 4.78 is 13.6. The van der Waals surface area contributed by atoms with E-state index in [1.165, 1.54) is 6.07 Å². The smallest absolute Gasteiger partial charge is 0.134 e.